The van der Waals surface area contributed by atoms with Crippen LogP contribution in [-0.4, -0.2) is 24.4 Å². The van der Waals surface area contributed by atoms with Gasteiger partial charge >= 0.3 is 12.1 Å². The van der Waals surface area contributed by atoms with Gasteiger partial charge in [0.15, 0.2) is 0 Å². The van der Waals surface area contributed by atoms with Gasteiger partial charge in [-0.25, -0.2) is 9.18 Å². The number of benzene rings is 1. The van der Waals surface area contributed by atoms with Crippen LogP contribution in [0.1, 0.15) is 5.56 Å². The van der Waals surface area contributed by atoms with Crippen LogP contribution in [0.4, 0.5) is 17.6 Å². The Labute approximate surface area is 93.6 Å². The number of carbonyl (C=O) groups is 1. The normalized spacial score (nSPS) is 15.4. The van der Waals surface area contributed by atoms with Crippen LogP contribution in [0.25, 0.3) is 0 Å². The number of hydrogen-bond acceptors (Lipinski definition) is 2. The minimum Gasteiger partial charge on any atom is -0.479 e. The van der Waals surface area contributed by atoms with E-state index in [2.05, 4.69) is 4.74 Å². The van der Waals surface area contributed by atoms with E-state index in [-0.39, 0.29) is 0 Å². The van der Waals surface area contributed by atoms with E-state index in [1.807, 2.05) is 0 Å². The molecule has 0 aliphatic heterocycles. The average Bonchev–Trinajstić information content (AvgIpc) is 2.19. The molecule has 1 atom stereocenters. The summed E-state index contributed by atoms with van der Waals surface area (Å²) in [5.74, 6) is -2.98. The number of methoxy groups -OCH3 is 1. The van der Waals surface area contributed by atoms with E-state index in [0.717, 1.165) is 24.3 Å². The second kappa shape index (κ2) is 4.33. The number of ether oxygens (including phenoxy) is 1. The minimum atomic E-state index is -5.16. The molecular weight excluding hydrogens is 244 g/mol. The molecule has 1 rings (SSSR count). The number of halogens is 4. The molecule has 0 heterocycles. The molecule has 0 aliphatic rings. The van der Waals surface area contributed by atoms with Crippen LogP contribution in [0, 0.1) is 5.82 Å². The van der Waals surface area contributed by atoms with Crippen LogP contribution in [0.5, 0.6) is 0 Å². The fourth-order valence-electron chi connectivity index (χ4n) is 1.41. The van der Waals surface area contributed by atoms with Gasteiger partial charge in [-0.3, -0.25) is 0 Å². The van der Waals surface area contributed by atoms with Gasteiger partial charge in [-0.15, -0.1) is 0 Å². The van der Waals surface area contributed by atoms with Crippen LogP contribution < -0.4 is 0 Å². The van der Waals surface area contributed by atoms with Crippen molar-refractivity contribution in [1.82, 2.24) is 0 Å². The molecule has 0 aliphatic carbocycles. The topological polar surface area (TPSA) is 46.5 Å². The van der Waals surface area contributed by atoms with E-state index in [9.17, 15) is 22.4 Å². The summed E-state index contributed by atoms with van der Waals surface area (Å²) >= 11 is 0. The Hall–Kier alpha value is -1.63. The molecule has 1 N–H and O–H groups in total. The van der Waals surface area contributed by atoms with Crippen LogP contribution >= 0.6 is 0 Å². The molecule has 0 radical (unpaired) electrons. The van der Waals surface area contributed by atoms with Gasteiger partial charge in [0, 0.05) is 12.7 Å². The molecule has 0 saturated heterocycles. The van der Waals surface area contributed by atoms with Crippen molar-refractivity contribution < 1.29 is 32.2 Å². The highest BCUT2D eigenvalue weighted by atomic mass is 19.4. The maximum Gasteiger partial charge on any atom is 0.432 e. The van der Waals surface area contributed by atoms with Gasteiger partial charge in [0.2, 0.25) is 0 Å². The van der Waals surface area contributed by atoms with Gasteiger partial charge in [-0.05, 0) is 12.1 Å². The van der Waals surface area contributed by atoms with Crippen LogP contribution in [0.2, 0.25) is 0 Å². The van der Waals surface area contributed by atoms with Crippen LogP contribution in [-0.2, 0) is 15.1 Å². The zero-order chi connectivity index (χ0) is 13.3. The van der Waals surface area contributed by atoms with Gasteiger partial charge in [-0.2, -0.15) is 13.2 Å². The molecule has 1 aromatic rings. The summed E-state index contributed by atoms with van der Waals surface area (Å²) in [4.78, 5) is 10.8. The largest absolute Gasteiger partial charge is 0.479 e. The minimum absolute atomic E-state index is 0.630. The predicted molar refractivity (Wildman–Crippen MR) is 48.8 cm³/mol. The lowest BCUT2D eigenvalue weighted by atomic mass is 9.93. The van der Waals surface area contributed by atoms with E-state index in [1.165, 1.54) is 0 Å². The average molecular weight is 252 g/mol. The van der Waals surface area contributed by atoms with Gasteiger partial charge in [0.1, 0.15) is 5.82 Å². The first-order valence-corrected chi connectivity index (χ1v) is 4.37. The van der Waals surface area contributed by atoms with Gasteiger partial charge < -0.3 is 9.84 Å². The molecule has 94 valence electrons. The highest BCUT2D eigenvalue weighted by Crippen LogP contribution is 2.42. The van der Waals surface area contributed by atoms with Crippen LogP contribution in [0.3, 0.4) is 0 Å². The molecule has 7 heteroatoms. The summed E-state index contributed by atoms with van der Waals surface area (Å²) in [7, 11) is 0.630. The maximum atomic E-state index is 12.8. The van der Waals surface area contributed by atoms with Crippen molar-refractivity contribution in [1.29, 1.82) is 0 Å². The number of rotatable bonds is 3. The van der Waals surface area contributed by atoms with Crippen molar-refractivity contribution in [2.45, 2.75) is 11.8 Å². The molecule has 17 heavy (non-hydrogen) atoms. The highest BCUT2D eigenvalue weighted by Gasteiger charge is 2.63. The summed E-state index contributed by atoms with van der Waals surface area (Å²) < 4.78 is 55.2. The molecule has 0 saturated carbocycles. The number of carboxylic acids is 1. The van der Waals surface area contributed by atoms with Gasteiger partial charge in [0.25, 0.3) is 5.60 Å². The van der Waals surface area contributed by atoms with Crippen molar-refractivity contribution in [3.63, 3.8) is 0 Å². The van der Waals surface area contributed by atoms with Gasteiger partial charge in [-0.1, -0.05) is 12.1 Å². The quantitative estimate of drug-likeness (QED) is 0.840. The molecule has 3 nitrogen and oxygen atoms in total. The number of aliphatic carboxylic acids is 1. The van der Waals surface area contributed by atoms with Gasteiger partial charge in [0.05, 0.1) is 0 Å². The number of hydrogen-bond donors (Lipinski definition) is 1. The molecule has 0 bridgehead atoms. The number of carboxylic acid groups (broad SMARTS) is 1. The van der Waals surface area contributed by atoms with Crippen LogP contribution in [0.15, 0.2) is 24.3 Å². The fraction of sp³-hybridized carbons (Fsp3) is 0.300. The van der Waals surface area contributed by atoms with Crippen molar-refractivity contribution in [3.05, 3.63) is 35.6 Å². The SMILES string of the molecule is COC(C(=O)O)(c1ccc(F)cc1)C(F)(F)F. The molecule has 0 aromatic heterocycles. The monoisotopic (exact) mass is 252 g/mol. The molecule has 1 aromatic carbocycles. The summed E-state index contributed by atoms with van der Waals surface area (Å²) in [5, 5.41) is 8.74. The Kier molecular flexibility index (Phi) is 3.42. The third-order valence-corrected chi connectivity index (χ3v) is 2.26. The van der Waals surface area contributed by atoms with Crippen molar-refractivity contribution in [2.24, 2.45) is 0 Å². The maximum absolute atomic E-state index is 12.8. The van der Waals surface area contributed by atoms with E-state index < -0.39 is 29.1 Å². The first-order valence-electron chi connectivity index (χ1n) is 4.37. The predicted octanol–water partition coefficient (Wildman–Crippen LogP) is 2.31. The lowest BCUT2D eigenvalue weighted by Crippen LogP contribution is -2.50. The molecule has 0 amide bonds. The molecule has 0 fully saturated rings. The zero-order valence-electron chi connectivity index (χ0n) is 8.58. The zero-order valence-corrected chi connectivity index (χ0v) is 8.58. The second-order valence-corrected chi connectivity index (χ2v) is 3.20. The lowest BCUT2D eigenvalue weighted by Gasteiger charge is -2.30. The first kappa shape index (κ1) is 13.4. The standard InChI is InChI=1S/C10H8F4O3/c1-17-9(8(15)16,10(12,13)14)6-2-4-7(11)5-3-6/h2-5H,1H3,(H,15,16). The first-order chi connectivity index (χ1) is 7.75. The molecular formula is C10H8F4O3. The highest BCUT2D eigenvalue weighted by molar-refractivity contribution is 5.80. The van der Waals surface area contributed by atoms with Crippen molar-refractivity contribution >= 4 is 5.97 Å². The molecule has 1 unspecified atom stereocenters. The second-order valence-electron chi connectivity index (χ2n) is 3.20. The lowest BCUT2D eigenvalue weighted by molar-refractivity contribution is -0.273. The smallest absolute Gasteiger partial charge is 0.432 e. The van der Waals surface area contributed by atoms with Crippen molar-refractivity contribution in [2.75, 3.05) is 7.11 Å². The van der Waals surface area contributed by atoms with Crippen molar-refractivity contribution in [3.8, 4) is 0 Å². The van der Waals surface area contributed by atoms with E-state index >= 15 is 0 Å². The summed E-state index contributed by atoms with van der Waals surface area (Å²) in [6.07, 6.45) is -5.16. The van der Waals surface area contributed by atoms with E-state index in [4.69, 9.17) is 5.11 Å². The Morgan fingerprint density at radius 1 is 1.24 bits per heavy atom. The molecule has 0 spiro atoms. The Bertz CT molecular complexity index is 413. The number of alkyl halides is 3. The van der Waals surface area contributed by atoms with E-state index in [0.29, 0.717) is 7.11 Å². The summed E-state index contributed by atoms with van der Waals surface area (Å²) in [6.45, 7) is 0. The third kappa shape index (κ3) is 2.10. The summed E-state index contributed by atoms with van der Waals surface area (Å²) in [5.41, 5.74) is -4.18. The third-order valence-electron chi connectivity index (χ3n) is 2.26. The Balaban J connectivity index is 3.43. The summed E-state index contributed by atoms with van der Waals surface area (Å²) in [6, 6.07) is 2.91. The Morgan fingerprint density at radius 2 is 1.71 bits per heavy atom. The fourth-order valence-corrected chi connectivity index (χ4v) is 1.41. The Morgan fingerprint density at radius 3 is 2.00 bits per heavy atom. The van der Waals surface area contributed by atoms with E-state index in [1.54, 1.807) is 0 Å².